The first kappa shape index (κ1) is 11.0. The maximum absolute atomic E-state index is 4.65. The fraction of sp³-hybridized carbons (Fsp3) is 0.200. The summed E-state index contributed by atoms with van der Waals surface area (Å²) in [5.74, 6) is 1.05. The summed E-state index contributed by atoms with van der Waals surface area (Å²) < 4.78 is 2.07. The van der Waals surface area contributed by atoms with Crippen LogP contribution in [-0.4, -0.2) is 14.5 Å². The first-order valence-electron chi connectivity index (χ1n) is 6.06. The quantitative estimate of drug-likeness (QED) is 0.686. The van der Waals surface area contributed by atoms with Crippen LogP contribution in [-0.2, 0) is 13.5 Å². The van der Waals surface area contributed by atoms with Crippen molar-refractivity contribution in [3.63, 3.8) is 0 Å². The molecule has 0 aliphatic carbocycles. The van der Waals surface area contributed by atoms with Crippen LogP contribution in [0.1, 0.15) is 17.0 Å². The van der Waals surface area contributed by atoms with Gasteiger partial charge in [-0.1, -0.05) is 24.3 Å². The molecular weight excluding hydrogens is 222 g/mol. The molecule has 0 aliphatic heterocycles. The van der Waals surface area contributed by atoms with E-state index in [-0.39, 0.29) is 0 Å². The lowest BCUT2D eigenvalue weighted by atomic mass is 10.1. The molecule has 3 heteroatoms. The molecule has 0 aliphatic rings. The van der Waals surface area contributed by atoms with Crippen molar-refractivity contribution in [1.82, 2.24) is 14.5 Å². The monoisotopic (exact) mass is 237 g/mol. The number of hydrogen-bond donors (Lipinski definition) is 0. The van der Waals surface area contributed by atoms with Gasteiger partial charge in [-0.3, -0.25) is 0 Å². The highest BCUT2D eigenvalue weighted by Gasteiger charge is 2.09. The van der Waals surface area contributed by atoms with Gasteiger partial charge in [-0.05, 0) is 30.2 Å². The van der Waals surface area contributed by atoms with E-state index in [0.717, 1.165) is 23.4 Å². The Kier molecular flexibility index (Phi) is 2.59. The fourth-order valence-corrected chi connectivity index (χ4v) is 2.21. The maximum atomic E-state index is 4.65. The summed E-state index contributed by atoms with van der Waals surface area (Å²) in [4.78, 5) is 9.02. The molecule has 1 aromatic carbocycles. The largest absolute Gasteiger partial charge is 0.316 e. The van der Waals surface area contributed by atoms with Crippen LogP contribution in [0.5, 0.6) is 0 Å². The number of aromatic nitrogens is 3. The lowest BCUT2D eigenvalue weighted by molar-refractivity contribution is 0.833. The number of aryl methyl sites for hydroxylation is 2. The summed E-state index contributed by atoms with van der Waals surface area (Å²) in [6.45, 7) is 2.14. The SMILES string of the molecule is Cc1ccccc1Cc1nc2cccnc2n1C. The average molecular weight is 237 g/mol. The number of rotatable bonds is 2. The molecule has 2 heterocycles. The second-order valence-electron chi connectivity index (χ2n) is 4.54. The lowest BCUT2D eigenvalue weighted by Gasteiger charge is -2.05. The average Bonchev–Trinajstić information content (AvgIpc) is 2.70. The summed E-state index contributed by atoms with van der Waals surface area (Å²) in [5, 5.41) is 0. The zero-order valence-electron chi connectivity index (χ0n) is 10.6. The molecule has 0 spiro atoms. The Labute approximate surface area is 106 Å². The molecule has 0 saturated carbocycles. The first-order chi connectivity index (χ1) is 8.75. The highest BCUT2D eigenvalue weighted by Crippen LogP contribution is 2.16. The van der Waals surface area contributed by atoms with E-state index in [9.17, 15) is 0 Å². The van der Waals surface area contributed by atoms with Crippen molar-refractivity contribution in [1.29, 1.82) is 0 Å². The van der Waals surface area contributed by atoms with Gasteiger partial charge in [-0.15, -0.1) is 0 Å². The number of benzene rings is 1. The van der Waals surface area contributed by atoms with Gasteiger partial charge in [0.25, 0.3) is 0 Å². The summed E-state index contributed by atoms with van der Waals surface area (Å²) in [6, 6.07) is 12.4. The molecule has 3 aromatic rings. The molecule has 0 radical (unpaired) electrons. The topological polar surface area (TPSA) is 30.7 Å². The number of imidazole rings is 1. The van der Waals surface area contributed by atoms with Gasteiger partial charge < -0.3 is 4.57 Å². The van der Waals surface area contributed by atoms with E-state index in [1.807, 2.05) is 25.4 Å². The number of fused-ring (bicyclic) bond motifs is 1. The molecule has 3 rings (SSSR count). The van der Waals surface area contributed by atoms with Crippen molar-refractivity contribution in [3.05, 3.63) is 59.5 Å². The predicted octanol–water partition coefficient (Wildman–Crippen LogP) is 2.87. The van der Waals surface area contributed by atoms with Crippen LogP contribution in [0.3, 0.4) is 0 Å². The van der Waals surface area contributed by atoms with Gasteiger partial charge in [-0.25, -0.2) is 9.97 Å². The van der Waals surface area contributed by atoms with Gasteiger partial charge in [-0.2, -0.15) is 0 Å². The van der Waals surface area contributed by atoms with Crippen molar-refractivity contribution in [3.8, 4) is 0 Å². The van der Waals surface area contributed by atoms with Gasteiger partial charge in [0.2, 0.25) is 0 Å². The normalized spacial score (nSPS) is 11.0. The molecule has 0 N–H and O–H groups in total. The van der Waals surface area contributed by atoms with Crippen molar-refractivity contribution in [2.24, 2.45) is 7.05 Å². The van der Waals surface area contributed by atoms with E-state index in [2.05, 4.69) is 45.7 Å². The smallest absolute Gasteiger partial charge is 0.159 e. The molecule has 0 atom stereocenters. The van der Waals surface area contributed by atoms with Crippen LogP contribution in [0.4, 0.5) is 0 Å². The molecule has 2 aromatic heterocycles. The number of hydrogen-bond acceptors (Lipinski definition) is 2. The van der Waals surface area contributed by atoms with Gasteiger partial charge in [0.05, 0.1) is 0 Å². The third kappa shape index (κ3) is 1.78. The highest BCUT2D eigenvalue weighted by atomic mass is 15.1. The molecule has 3 nitrogen and oxygen atoms in total. The number of nitrogens with zero attached hydrogens (tertiary/aromatic N) is 3. The van der Waals surface area contributed by atoms with Crippen LogP contribution in [0.2, 0.25) is 0 Å². The molecule has 0 unspecified atom stereocenters. The van der Waals surface area contributed by atoms with E-state index >= 15 is 0 Å². The minimum absolute atomic E-state index is 0.847. The third-order valence-corrected chi connectivity index (χ3v) is 3.33. The van der Waals surface area contributed by atoms with Crippen molar-refractivity contribution >= 4 is 11.2 Å². The van der Waals surface area contributed by atoms with Gasteiger partial charge >= 0.3 is 0 Å². The van der Waals surface area contributed by atoms with E-state index in [4.69, 9.17) is 0 Å². The van der Waals surface area contributed by atoms with Crippen LogP contribution >= 0.6 is 0 Å². The van der Waals surface area contributed by atoms with Crippen LogP contribution < -0.4 is 0 Å². The Hall–Kier alpha value is -2.16. The Balaban J connectivity index is 2.06. The predicted molar refractivity (Wildman–Crippen MR) is 72.5 cm³/mol. The Morgan fingerprint density at radius 3 is 2.72 bits per heavy atom. The summed E-state index contributed by atoms with van der Waals surface area (Å²) in [7, 11) is 2.02. The lowest BCUT2D eigenvalue weighted by Crippen LogP contribution is -2.00. The Morgan fingerprint density at radius 2 is 1.94 bits per heavy atom. The van der Waals surface area contributed by atoms with Gasteiger partial charge in [0, 0.05) is 19.7 Å². The van der Waals surface area contributed by atoms with Gasteiger partial charge in [0.15, 0.2) is 5.65 Å². The molecule has 0 bridgehead atoms. The molecule has 0 saturated heterocycles. The standard InChI is InChI=1S/C15H15N3/c1-11-6-3-4-7-12(11)10-14-17-13-8-5-9-16-15(13)18(14)2/h3-9H,10H2,1-2H3. The highest BCUT2D eigenvalue weighted by molar-refractivity contribution is 5.71. The van der Waals surface area contributed by atoms with Crippen LogP contribution in [0.15, 0.2) is 42.6 Å². The van der Waals surface area contributed by atoms with Crippen molar-refractivity contribution in [2.75, 3.05) is 0 Å². The zero-order chi connectivity index (χ0) is 12.5. The Morgan fingerprint density at radius 1 is 1.11 bits per heavy atom. The van der Waals surface area contributed by atoms with E-state index < -0.39 is 0 Å². The zero-order valence-corrected chi connectivity index (χ0v) is 10.6. The van der Waals surface area contributed by atoms with E-state index in [1.165, 1.54) is 11.1 Å². The minimum atomic E-state index is 0.847. The second kappa shape index (κ2) is 4.26. The third-order valence-electron chi connectivity index (χ3n) is 3.33. The van der Waals surface area contributed by atoms with Crippen molar-refractivity contribution < 1.29 is 0 Å². The van der Waals surface area contributed by atoms with E-state index in [1.54, 1.807) is 0 Å². The second-order valence-corrected chi connectivity index (χ2v) is 4.54. The molecule has 18 heavy (non-hydrogen) atoms. The summed E-state index contributed by atoms with van der Waals surface area (Å²) in [6.07, 6.45) is 2.65. The summed E-state index contributed by atoms with van der Waals surface area (Å²) in [5.41, 5.74) is 4.53. The molecule has 90 valence electrons. The van der Waals surface area contributed by atoms with Crippen molar-refractivity contribution in [2.45, 2.75) is 13.3 Å². The maximum Gasteiger partial charge on any atom is 0.159 e. The minimum Gasteiger partial charge on any atom is -0.316 e. The van der Waals surface area contributed by atoms with Gasteiger partial charge in [0.1, 0.15) is 11.3 Å². The molecule has 0 fully saturated rings. The fourth-order valence-electron chi connectivity index (χ4n) is 2.21. The van der Waals surface area contributed by atoms with E-state index in [0.29, 0.717) is 0 Å². The first-order valence-corrected chi connectivity index (χ1v) is 6.06. The van der Waals surface area contributed by atoms with Crippen LogP contribution in [0, 0.1) is 6.92 Å². The molecular formula is C15H15N3. The molecule has 0 amide bonds. The Bertz CT molecular complexity index is 698. The number of pyridine rings is 1. The summed E-state index contributed by atoms with van der Waals surface area (Å²) >= 11 is 0. The van der Waals surface area contributed by atoms with Crippen LogP contribution in [0.25, 0.3) is 11.2 Å².